The molecule has 3 saturated heterocycles. The third-order valence-corrected chi connectivity index (χ3v) is 6.12. The third-order valence-electron chi connectivity index (χ3n) is 6.12. The van der Waals surface area contributed by atoms with E-state index in [1.165, 1.54) is 19.1 Å². The molecule has 0 aliphatic carbocycles. The highest BCUT2D eigenvalue weighted by Gasteiger charge is 2.78. The molecule has 146 valence electrons. The Hall–Kier alpha value is -1.80. The van der Waals surface area contributed by atoms with Crippen LogP contribution in [0.3, 0.4) is 0 Å². The monoisotopic (exact) mass is 376 g/mol. The summed E-state index contributed by atoms with van der Waals surface area (Å²) < 4.78 is 17.1. The highest BCUT2D eigenvalue weighted by molar-refractivity contribution is 6.00. The summed E-state index contributed by atoms with van der Waals surface area (Å²) in [6.07, 6.45) is 0.170. The van der Waals surface area contributed by atoms with Crippen LogP contribution in [-0.4, -0.2) is 57.8 Å². The maximum absolute atomic E-state index is 12.6. The van der Waals surface area contributed by atoms with Gasteiger partial charge < -0.3 is 24.4 Å². The molecule has 0 saturated carbocycles. The molecule has 4 bridgehead atoms. The van der Waals surface area contributed by atoms with Gasteiger partial charge in [-0.05, 0) is 44.9 Å². The zero-order valence-corrected chi connectivity index (χ0v) is 15.6. The number of allylic oxidation sites excluding steroid dienone is 2. The lowest BCUT2D eigenvalue weighted by molar-refractivity contribution is -0.297. The Balaban J connectivity index is 1.85. The van der Waals surface area contributed by atoms with Crippen LogP contribution in [0.4, 0.5) is 0 Å². The summed E-state index contributed by atoms with van der Waals surface area (Å²) in [4.78, 5) is 25.0. The molecule has 0 radical (unpaired) electrons. The minimum Gasteiger partial charge on any atom is -0.457 e. The zero-order valence-electron chi connectivity index (χ0n) is 15.6. The van der Waals surface area contributed by atoms with Crippen molar-refractivity contribution in [3.05, 3.63) is 35.5 Å². The standard InChI is InChI=1S/C20H24O7/c1-9(2)13-8-15-19-17(27-19)14(25-18(19)23)6-10(3)5-12(21)7-11(4)20(24,26-15)16(13)22/h5,7,13-17,22,24H,1,6,8H2,2-4H3/b10-5-,11-7-/t13-,14-,15+,16-,17-,19-,20+/m1/s1. The predicted octanol–water partition coefficient (Wildman–Crippen LogP) is 0.945. The molecule has 4 heterocycles. The van der Waals surface area contributed by atoms with Gasteiger partial charge in [-0.2, -0.15) is 0 Å². The molecule has 4 aliphatic rings. The van der Waals surface area contributed by atoms with Crippen molar-refractivity contribution in [1.29, 1.82) is 0 Å². The van der Waals surface area contributed by atoms with Gasteiger partial charge in [-0.3, -0.25) is 4.79 Å². The first-order chi connectivity index (χ1) is 12.6. The lowest BCUT2D eigenvalue weighted by atomic mass is 9.76. The largest absolute Gasteiger partial charge is 0.457 e. The molecule has 7 atom stereocenters. The van der Waals surface area contributed by atoms with E-state index in [1.54, 1.807) is 13.8 Å². The molecule has 0 aromatic rings. The summed E-state index contributed by atoms with van der Waals surface area (Å²) in [5, 5.41) is 22.0. The first-order valence-corrected chi connectivity index (χ1v) is 9.12. The Bertz CT molecular complexity index is 796. The topological polar surface area (TPSA) is 106 Å². The van der Waals surface area contributed by atoms with Gasteiger partial charge in [0.1, 0.15) is 24.4 Å². The van der Waals surface area contributed by atoms with Crippen LogP contribution in [0.5, 0.6) is 0 Å². The second kappa shape index (κ2) is 5.85. The third kappa shape index (κ3) is 2.56. The lowest BCUT2D eigenvalue weighted by Crippen LogP contribution is -2.60. The molecule has 2 N–H and O–H groups in total. The zero-order chi connectivity index (χ0) is 19.7. The van der Waals surface area contributed by atoms with Gasteiger partial charge in [0.15, 0.2) is 5.78 Å². The molecule has 0 spiro atoms. The van der Waals surface area contributed by atoms with Crippen LogP contribution in [0, 0.1) is 5.92 Å². The number of carbonyl (C=O) groups excluding carboxylic acids is 2. The van der Waals surface area contributed by atoms with E-state index in [-0.39, 0.29) is 17.8 Å². The fourth-order valence-corrected chi connectivity index (χ4v) is 4.53. The summed E-state index contributed by atoms with van der Waals surface area (Å²) in [5.74, 6) is -3.52. The minimum atomic E-state index is -2.13. The van der Waals surface area contributed by atoms with Crippen LogP contribution in [-0.2, 0) is 23.8 Å². The van der Waals surface area contributed by atoms with Crippen molar-refractivity contribution >= 4 is 11.8 Å². The Kier molecular flexibility index (Phi) is 4.02. The van der Waals surface area contributed by atoms with Crippen LogP contribution >= 0.6 is 0 Å². The number of fused-ring (bicyclic) bond motifs is 2. The molecule has 0 aromatic carbocycles. The van der Waals surface area contributed by atoms with Gasteiger partial charge in [-0.15, -0.1) is 0 Å². The highest BCUT2D eigenvalue weighted by Crippen LogP contribution is 2.56. The SMILES string of the molecule is C=C(C)[C@H]1C[C@@H]2O[C@@](O)(/C(C)=C\C(=O)/C=C(/C)C[C@H]3OC(=O)[C@@]24O[C@H]34)[C@@H]1O. The molecule has 0 aromatic heterocycles. The molecule has 7 heteroatoms. The molecular formula is C20H24O7. The number of ketones is 1. The molecule has 3 fully saturated rings. The van der Waals surface area contributed by atoms with Crippen LogP contribution in [0.15, 0.2) is 35.5 Å². The number of aliphatic hydroxyl groups is 2. The van der Waals surface area contributed by atoms with Gasteiger partial charge in [0, 0.05) is 12.3 Å². The van der Waals surface area contributed by atoms with Crippen LogP contribution in [0.1, 0.15) is 33.6 Å². The summed E-state index contributed by atoms with van der Waals surface area (Å²) >= 11 is 0. The van der Waals surface area contributed by atoms with Crippen molar-refractivity contribution in [3.8, 4) is 0 Å². The summed E-state index contributed by atoms with van der Waals surface area (Å²) in [6, 6.07) is 0. The molecule has 7 nitrogen and oxygen atoms in total. The number of aliphatic hydroxyl groups excluding tert-OH is 1. The first-order valence-electron chi connectivity index (χ1n) is 9.12. The van der Waals surface area contributed by atoms with Gasteiger partial charge in [0.25, 0.3) is 0 Å². The van der Waals surface area contributed by atoms with E-state index >= 15 is 0 Å². The molecule has 0 unspecified atom stereocenters. The predicted molar refractivity (Wildman–Crippen MR) is 93.4 cm³/mol. The lowest BCUT2D eigenvalue weighted by Gasteiger charge is -2.46. The normalized spacial score (nSPS) is 50.2. The Morgan fingerprint density at radius 3 is 2.59 bits per heavy atom. The average Bonchev–Trinajstić information content (AvgIpc) is 3.26. The van der Waals surface area contributed by atoms with Crippen molar-refractivity contribution < 1.29 is 34.0 Å². The molecule has 27 heavy (non-hydrogen) atoms. The highest BCUT2D eigenvalue weighted by atomic mass is 16.7. The van der Waals surface area contributed by atoms with E-state index < -0.39 is 47.7 Å². The summed E-state index contributed by atoms with van der Waals surface area (Å²) in [5.41, 5.74) is 0.271. The van der Waals surface area contributed by atoms with Gasteiger partial charge in [0.2, 0.25) is 11.4 Å². The van der Waals surface area contributed by atoms with Crippen molar-refractivity contribution in [1.82, 2.24) is 0 Å². The van der Waals surface area contributed by atoms with Crippen LogP contribution in [0.2, 0.25) is 0 Å². The first kappa shape index (κ1) is 18.6. The van der Waals surface area contributed by atoms with E-state index in [2.05, 4.69) is 6.58 Å². The number of rotatable bonds is 1. The van der Waals surface area contributed by atoms with Gasteiger partial charge in [0.05, 0.1) is 0 Å². The maximum Gasteiger partial charge on any atom is 0.344 e. The van der Waals surface area contributed by atoms with Gasteiger partial charge in [-0.25, -0.2) is 4.79 Å². The average molecular weight is 376 g/mol. The van der Waals surface area contributed by atoms with Crippen molar-refractivity contribution in [2.45, 2.75) is 69.4 Å². The Morgan fingerprint density at radius 2 is 1.96 bits per heavy atom. The van der Waals surface area contributed by atoms with Crippen LogP contribution in [0.25, 0.3) is 0 Å². The molecule has 0 amide bonds. The van der Waals surface area contributed by atoms with Crippen LogP contribution < -0.4 is 0 Å². The van der Waals surface area contributed by atoms with Crippen molar-refractivity contribution in [2.75, 3.05) is 0 Å². The number of carbonyl (C=O) groups is 2. The van der Waals surface area contributed by atoms with Gasteiger partial charge in [-0.1, -0.05) is 17.7 Å². The van der Waals surface area contributed by atoms with Gasteiger partial charge >= 0.3 is 5.97 Å². The fraction of sp³-hybridized carbons (Fsp3) is 0.600. The van der Waals surface area contributed by atoms with Crippen molar-refractivity contribution in [3.63, 3.8) is 0 Å². The summed E-state index contributed by atoms with van der Waals surface area (Å²) in [6.45, 7) is 8.95. The second-order valence-corrected chi connectivity index (χ2v) is 8.14. The quantitative estimate of drug-likeness (QED) is 0.399. The molecular weight excluding hydrogens is 352 g/mol. The number of hydrogen-bond donors (Lipinski definition) is 2. The van der Waals surface area contributed by atoms with E-state index in [9.17, 15) is 19.8 Å². The molecule has 4 aliphatic heterocycles. The van der Waals surface area contributed by atoms with Crippen molar-refractivity contribution in [2.24, 2.45) is 5.92 Å². The van der Waals surface area contributed by atoms with E-state index in [4.69, 9.17) is 14.2 Å². The number of hydrogen-bond acceptors (Lipinski definition) is 7. The Morgan fingerprint density at radius 1 is 1.26 bits per heavy atom. The molecule has 4 rings (SSSR count). The van der Waals surface area contributed by atoms with E-state index in [0.29, 0.717) is 12.0 Å². The van der Waals surface area contributed by atoms with E-state index in [0.717, 1.165) is 5.57 Å². The summed E-state index contributed by atoms with van der Waals surface area (Å²) in [7, 11) is 0. The number of epoxide rings is 1. The number of esters is 1. The van der Waals surface area contributed by atoms with E-state index in [1.807, 2.05) is 0 Å². The number of ether oxygens (including phenoxy) is 3. The minimum absolute atomic E-state index is 0.164. The smallest absolute Gasteiger partial charge is 0.344 e. The second-order valence-electron chi connectivity index (χ2n) is 8.14. The Labute approximate surface area is 157 Å². The maximum atomic E-state index is 12.6. The fourth-order valence-electron chi connectivity index (χ4n) is 4.53.